The molecule has 2 aliphatic heterocycles. The lowest BCUT2D eigenvalue weighted by molar-refractivity contribution is -0.110. The number of nitrogens with one attached hydrogen (secondary N) is 3. The second-order valence-corrected chi connectivity index (χ2v) is 8.67. The van der Waals surface area contributed by atoms with Crippen LogP contribution in [0.25, 0.3) is 11.3 Å². The first-order chi connectivity index (χ1) is 17.1. The summed E-state index contributed by atoms with van der Waals surface area (Å²) in [4.78, 5) is 27.5. The van der Waals surface area contributed by atoms with Crippen LogP contribution in [0.1, 0.15) is 27.0 Å². The Morgan fingerprint density at radius 1 is 0.971 bits per heavy atom. The zero-order valence-corrected chi connectivity index (χ0v) is 19.6. The topological polar surface area (TPSA) is 82.7 Å². The molecule has 7 nitrogen and oxygen atoms in total. The average Bonchev–Trinajstić information content (AvgIpc) is 3.23. The summed E-state index contributed by atoms with van der Waals surface area (Å²) >= 11 is 0. The number of benzene rings is 3. The second-order valence-electron chi connectivity index (χ2n) is 8.67. The molecule has 35 heavy (non-hydrogen) atoms. The van der Waals surface area contributed by atoms with Gasteiger partial charge in [0.25, 0.3) is 5.91 Å². The van der Waals surface area contributed by atoms with Crippen LogP contribution in [0.2, 0.25) is 0 Å². The van der Waals surface area contributed by atoms with Crippen molar-refractivity contribution in [3.63, 3.8) is 0 Å². The van der Waals surface area contributed by atoms with Gasteiger partial charge in [0.15, 0.2) is 0 Å². The van der Waals surface area contributed by atoms with Crippen LogP contribution in [0.4, 0.5) is 11.4 Å². The number of fused-ring (bicyclic) bond motifs is 1. The molecule has 3 aromatic carbocycles. The van der Waals surface area contributed by atoms with Gasteiger partial charge >= 0.3 is 5.97 Å². The Balaban J connectivity index is 1.48. The van der Waals surface area contributed by atoms with E-state index in [1.165, 1.54) is 12.7 Å². The van der Waals surface area contributed by atoms with Gasteiger partial charge in [-0.25, -0.2) is 4.79 Å². The largest absolute Gasteiger partial charge is 0.465 e. The molecule has 178 valence electrons. The highest BCUT2D eigenvalue weighted by Crippen LogP contribution is 2.38. The molecule has 0 aromatic heterocycles. The maximum atomic E-state index is 13.1. The molecule has 1 fully saturated rings. The van der Waals surface area contributed by atoms with Crippen molar-refractivity contribution >= 4 is 34.5 Å². The molecule has 5 rings (SSSR count). The Kier molecular flexibility index (Phi) is 6.61. The predicted octanol–water partition coefficient (Wildman–Crippen LogP) is 3.81. The number of ether oxygens (including phenoxy) is 1. The summed E-state index contributed by atoms with van der Waals surface area (Å²) < 4.78 is 4.82. The molecule has 7 heteroatoms. The van der Waals surface area contributed by atoms with Crippen molar-refractivity contribution in [2.45, 2.75) is 6.54 Å². The van der Waals surface area contributed by atoms with E-state index in [1.807, 2.05) is 30.3 Å². The van der Waals surface area contributed by atoms with E-state index in [0.717, 1.165) is 49.5 Å². The summed E-state index contributed by atoms with van der Waals surface area (Å²) in [6.45, 7) is 5.08. The van der Waals surface area contributed by atoms with Crippen molar-refractivity contribution in [3.8, 4) is 0 Å². The predicted molar refractivity (Wildman–Crippen MR) is 138 cm³/mol. The Labute approximate surface area is 204 Å². The lowest BCUT2D eigenvalue weighted by Gasteiger charge is -2.27. The highest BCUT2D eigenvalue weighted by Gasteiger charge is 2.29. The molecule has 2 heterocycles. The molecule has 2 aliphatic rings. The summed E-state index contributed by atoms with van der Waals surface area (Å²) in [5.74, 6) is -0.662. The van der Waals surface area contributed by atoms with Crippen LogP contribution in [-0.4, -0.2) is 50.1 Å². The molecule has 0 unspecified atom stereocenters. The van der Waals surface area contributed by atoms with Crippen LogP contribution in [0, 0.1) is 0 Å². The molecule has 0 atom stereocenters. The van der Waals surface area contributed by atoms with E-state index in [1.54, 1.807) is 18.2 Å². The van der Waals surface area contributed by atoms with Crippen LogP contribution in [0.3, 0.4) is 0 Å². The molecule has 0 aliphatic carbocycles. The van der Waals surface area contributed by atoms with E-state index in [0.29, 0.717) is 22.5 Å². The fourth-order valence-electron chi connectivity index (χ4n) is 4.51. The minimum absolute atomic E-state index is 0.219. The van der Waals surface area contributed by atoms with Gasteiger partial charge in [0, 0.05) is 44.0 Å². The summed E-state index contributed by atoms with van der Waals surface area (Å²) in [6, 6.07) is 23.3. The van der Waals surface area contributed by atoms with Gasteiger partial charge in [0.2, 0.25) is 0 Å². The Bertz CT molecular complexity index is 1260. The highest BCUT2D eigenvalue weighted by atomic mass is 16.5. The van der Waals surface area contributed by atoms with Gasteiger partial charge in [-0.05, 0) is 35.4 Å². The van der Waals surface area contributed by atoms with Gasteiger partial charge in [-0.3, -0.25) is 9.69 Å². The van der Waals surface area contributed by atoms with Gasteiger partial charge in [0.1, 0.15) is 0 Å². The molecule has 1 amide bonds. The minimum atomic E-state index is -0.443. The van der Waals surface area contributed by atoms with E-state index in [9.17, 15) is 9.59 Å². The number of piperazine rings is 1. The summed E-state index contributed by atoms with van der Waals surface area (Å²) in [5.41, 5.74) is 6.02. The molecule has 0 bridgehead atoms. The smallest absolute Gasteiger partial charge is 0.337 e. The van der Waals surface area contributed by atoms with Crippen LogP contribution < -0.4 is 16.0 Å². The number of carbonyl (C=O) groups is 2. The van der Waals surface area contributed by atoms with Crippen LogP contribution in [0.5, 0.6) is 0 Å². The normalized spacial score (nSPS) is 16.9. The molecule has 1 saturated heterocycles. The lowest BCUT2D eigenvalue weighted by Crippen LogP contribution is -2.42. The van der Waals surface area contributed by atoms with Gasteiger partial charge in [-0.15, -0.1) is 0 Å². The fourth-order valence-corrected chi connectivity index (χ4v) is 4.51. The minimum Gasteiger partial charge on any atom is -0.465 e. The zero-order chi connectivity index (χ0) is 24.2. The Morgan fingerprint density at radius 3 is 2.43 bits per heavy atom. The number of methoxy groups -OCH3 is 1. The summed E-state index contributed by atoms with van der Waals surface area (Å²) in [7, 11) is 1.34. The van der Waals surface area contributed by atoms with Crippen molar-refractivity contribution in [1.29, 1.82) is 0 Å². The quantitative estimate of drug-likeness (QED) is 0.377. The summed E-state index contributed by atoms with van der Waals surface area (Å²) in [5, 5.41) is 9.78. The van der Waals surface area contributed by atoms with Gasteiger partial charge in [0.05, 0.1) is 29.6 Å². The number of esters is 1. The second kappa shape index (κ2) is 10.1. The molecular formula is C28H28N4O3. The standard InChI is InChI=1S/C28H28N4O3/c1-35-28(34)21-9-12-23-24(17-21)31-27(33)25(23)26(20-5-3-2-4-6-20)30-22-10-7-19(8-11-22)18-32-15-13-29-14-16-32/h2-12,17,29-30H,13-16,18H2,1H3,(H,31,33). The van der Waals surface area contributed by atoms with Gasteiger partial charge < -0.3 is 20.7 Å². The Morgan fingerprint density at radius 2 is 1.71 bits per heavy atom. The maximum Gasteiger partial charge on any atom is 0.337 e. The van der Waals surface area contributed by atoms with Gasteiger partial charge in [-0.2, -0.15) is 0 Å². The number of rotatable bonds is 6. The van der Waals surface area contributed by atoms with E-state index >= 15 is 0 Å². The van der Waals surface area contributed by atoms with E-state index in [2.05, 4.69) is 45.1 Å². The SMILES string of the molecule is COC(=O)c1ccc2c(c1)NC(=O)C2=C(Nc1ccc(CN2CCNCC2)cc1)c1ccccc1. The summed E-state index contributed by atoms with van der Waals surface area (Å²) in [6.07, 6.45) is 0. The first-order valence-electron chi connectivity index (χ1n) is 11.8. The Hall–Kier alpha value is -3.94. The number of amides is 1. The van der Waals surface area contributed by atoms with E-state index in [-0.39, 0.29) is 5.91 Å². The van der Waals surface area contributed by atoms with Crippen molar-refractivity contribution in [2.75, 3.05) is 43.9 Å². The van der Waals surface area contributed by atoms with Crippen LogP contribution >= 0.6 is 0 Å². The first-order valence-corrected chi connectivity index (χ1v) is 11.8. The van der Waals surface area contributed by atoms with Crippen molar-refractivity contribution in [3.05, 3.63) is 95.1 Å². The third kappa shape index (κ3) is 4.96. The molecule has 0 radical (unpaired) electrons. The van der Waals surface area contributed by atoms with Crippen LogP contribution in [0.15, 0.2) is 72.8 Å². The van der Waals surface area contributed by atoms with Gasteiger partial charge in [-0.1, -0.05) is 48.5 Å². The third-order valence-corrected chi connectivity index (χ3v) is 6.34. The molecule has 0 spiro atoms. The van der Waals surface area contributed by atoms with Crippen LogP contribution in [-0.2, 0) is 16.1 Å². The van der Waals surface area contributed by atoms with Crippen molar-refractivity contribution in [2.24, 2.45) is 0 Å². The number of anilines is 2. The van der Waals surface area contributed by atoms with Crippen molar-refractivity contribution < 1.29 is 14.3 Å². The fraction of sp³-hybridized carbons (Fsp3) is 0.214. The molecule has 3 N–H and O–H groups in total. The third-order valence-electron chi connectivity index (χ3n) is 6.34. The van der Waals surface area contributed by atoms with E-state index < -0.39 is 5.97 Å². The highest BCUT2D eigenvalue weighted by molar-refractivity contribution is 6.37. The number of nitrogens with zero attached hydrogens (tertiary/aromatic N) is 1. The molecular weight excluding hydrogens is 440 g/mol. The number of hydrogen-bond acceptors (Lipinski definition) is 6. The maximum absolute atomic E-state index is 13.1. The lowest BCUT2D eigenvalue weighted by atomic mass is 9.99. The first kappa shape index (κ1) is 22.8. The zero-order valence-electron chi connectivity index (χ0n) is 19.6. The monoisotopic (exact) mass is 468 g/mol. The molecule has 0 saturated carbocycles. The molecule has 3 aromatic rings. The average molecular weight is 469 g/mol. The number of carbonyl (C=O) groups excluding carboxylic acids is 2. The van der Waals surface area contributed by atoms with E-state index in [4.69, 9.17) is 4.74 Å². The number of hydrogen-bond donors (Lipinski definition) is 3. The van der Waals surface area contributed by atoms with Crippen molar-refractivity contribution in [1.82, 2.24) is 10.2 Å².